The first kappa shape index (κ1) is 15.2. The first-order valence-electron chi connectivity index (χ1n) is 5.91. The summed E-state index contributed by atoms with van der Waals surface area (Å²) in [5, 5.41) is 2.80. The Labute approximate surface area is 133 Å². The average Bonchev–Trinajstić information content (AvgIpc) is 2.32. The molecule has 0 fully saturated rings. The maximum Gasteiger partial charge on any atom is 0.255 e. The maximum atomic E-state index is 13.3. The fraction of sp³-hybridized carbons (Fsp3) is 0.133. The molecule has 104 valence electrons. The minimum Gasteiger partial charge on any atom is -0.321 e. The van der Waals surface area contributed by atoms with Crippen LogP contribution in [0.25, 0.3) is 0 Å². The van der Waals surface area contributed by atoms with Gasteiger partial charge in [-0.1, -0.05) is 22.0 Å². The molecular formula is C15H12Br2FNO. The number of anilines is 1. The van der Waals surface area contributed by atoms with Crippen molar-refractivity contribution in [3.63, 3.8) is 0 Å². The van der Waals surface area contributed by atoms with E-state index in [0.717, 1.165) is 15.6 Å². The zero-order valence-corrected chi connectivity index (χ0v) is 14.1. The van der Waals surface area contributed by atoms with Gasteiger partial charge in [0.2, 0.25) is 0 Å². The fourth-order valence-corrected chi connectivity index (χ4v) is 3.18. The molecule has 0 bridgehead atoms. The molecule has 1 amide bonds. The van der Waals surface area contributed by atoms with E-state index in [-0.39, 0.29) is 11.5 Å². The highest BCUT2D eigenvalue weighted by molar-refractivity contribution is 9.10. The number of carbonyl (C=O) groups is 1. The third-order valence-corrected chi connectivity index (χ3v) is 3.88. The highest BCUT2D eigenvalue weighted by atomic mass is 79.9. The number of benzene rings is 2. The molecule has 0 heterocycles. The van der Waals surface area contributed by atoms with E-state index in [1.807, 2.05) is 26.0 Å². The molecule has 1 N–H and O–H groups in total. The van der Waals surface area contributed by atoms with Gasteiger partial charge in [-0.25, -0.2) is 4.39 Å². The number of carbonyl (C=O) groups excluding carboxylic acids is 1. The number of amides is 1. The Balaban J connectivity index is 2.32. The summed E-state index contributed by atoms with van der Waals surface area (Å²) in [6.07, 6.45) is 0. The van der Waals surface area contributed by atoms with Gasteiger partial charge in [-0.3, -0.25) is 4.79 Å². The lowest BCUT2D eigenvalue weighted by Crippen LogP contribution is -2.13. The van der Waals surface area contributed by atoms with Gasteiger partial charge < -0.3 is 5.32 Å². The first-order chi connectivity index (χ1) is 9.36. The van der Waals surface area contributed by atoms with Crippen LogP contribution in [0.3, 0.4) is 0 Å². The zero-order valence-electron chi connectivity index (χ0n) is 10.9. The van der Waals surface area contributed by atoms with Crippen LogP contribution in [0.2, 0.25) is 0 Å². The van der Waals surface area contributed by atoms with Crippen LogP contribution in [0.4, 0.5) is 10.1 Å². The van der Waals surface area contributed by atoms with Gasteiger partial charge in [0.05, 0.1) is 5.69 Å². The van der Waals surface area contributed by atoms with Gasteiger partial charge in [0.25, 0.3) is 5.91 Å². The molecule has 2 aromatic carbocycles. The summed E-state index contributed by atoms with van der Waals surface area (Å²) in [7, 11) is 0. The van der Waals surface area contributed by atoms with Gasteiger partial charge in [0.1, 0.15) is 5.82 Å². The second-order valence-electron chi connectivity index (χ2n) is 4.55. The lowest BCUT2D eigenvalue weighted by Gasteiger charge is -2.12. The molecule has 2 aromatic rings. The van der Waals surface area contributed by atoms with E-state index < -0.39 is 5.82 Å². The highest BCUT2D eigenvalue weighted by Crippen LogP contribution is 2.28. The van der Waals surface area contributed by atoms with Crippen LogP contribution in [0.1, 0.15) is 21.5 Å². The molecule has 0 radical (unpaired) electrons. The second kappa shape index (κ2) is 6.06. The third kappa shape index (κ3) is 3.46. The van der Waals surface area contributed by atoms with Crippen LogP contribution in [-0.2, 0) is 0 Å². The van der Waals surface area contributed by atoms with Crippen LogP contribution in [0.5, 0.6) is 0 Å². The van der Waals surface area contributed by atoms with Crippen LogP contribution in [-0.4, -0.2) is 5.91 Å². The van der Waals surface area contributed by atoms with E-state index in [9.17, 15) is 9.18 Å². The molecule has 0 saturated heterocycles. The number of aryl methyl sites for hydroxylation is 2. The summed E-state index contributed by atoms with van der Waals surface area (Å²) in [6, 6.07) is 7.99. The van der Waals surface area contributed by atoms with Gasteiger partial charge in [-0.15, -0.1) is 0 Å². The summed E-state index contributed by atoms with van der Waals surface area (Å²) < 4.78 is 14.7. The predicted octanol–water partition coefficient (Wildman–Crippen LogP) is 5.22. The lowest BCUT2D eigenvalue weighted by atomic mass is 10.1. The van der Waals surface area contributed by atoms with Gasteiger partial charge in [-0.2, -0.15) is 0 Å². The molecule has 0 atom stereocenters. The van der Waals surface area contributed by atoms with E-state index in [1.165, 1.54) is 12.1 Å². The number of halogens is 3. The average molecular weight is 401 g/mol. The van der Waals surface area contributed by atoms with E-state index in [1.54, 1.807) is 6.07 Å². The van der Waals surface area contributed by atoms with Crippen LogP contribution >= 0.6 is 31.9 Å². The zero-order chi connectivity index (χ0) is 14.9. The van der Waals surface area contributed by atoms with Crippen molar-refractivity contribution in [3.05, 3.63) is 61.8 Å². The number of rotatable bonds is 2. The maximum absolute atomic E-state index is 13.3. The Kier molecular flexibility index (Phi) is 4.60. The van der Waals surface area contributed by atoms with Gasteiger partial charge in [0, 0.05) is 14.5 Å². The van der Waals surface area contributed by atoms with Crippen molar-refractivity contribution < 1.29 is 9.18 Å². The molecule has 20 heavy (non-hydrogen) atoms. The molecule has 5 heteroatoms. The standard InChI is InChI=1S/C15H12Br2FNO/c1-8-3-9(2)14(13(17)4-8)19-15(20)10-5-11(16)7-12(18)6-10/h3-7H,1-2H3,(H,19,20). The monoisotopic (exact) mass is 399 g/mol. The molecule has 2 nitrogen and oxygen atoms in total. The third-order valence-electron chi connectivity index (χ3n) is 2.80. The molecule has 0 spiro atoms. The smallest absolute Gasteiger partial charge is 0.255 e. The van der Waals surface area contributed by atoms with E-state index in [2.05, 4.69) is 37.2 Å². The number of hydrogen-bond donors (Lipinski definition) is 1. The van der Waals surface area contributed by atoms with Crippen molar-refractivity contribution >= 4 is 43.5 Å². The number of nitrogens with one attached hydrogen (secondary N) is 1. The summed E-state index contributed by atoms with van der Waals surface area (Å²) >= 11 is 6.61. The highest BCUT2D eigenvalue weighted by Gasteiger charge is 2.12. The molecule has 0 saturated carbocycles. The van der Waals surface area contributed by atoms with E-state index >= 15 is 0 Å². The largest absolute Gasteiger partial charge is 0.321 e. The Morgan fingerprint density at radius 2 is 1.80 bits per heavy atom. The van der Waals surface area contributed by atoms with Crippen molar-refractivity contribution in [1.29, 1.82) is 0 Å². The van der Waals surface area contributed by atoms with Gasteiger partial charge in [0.15, 0.2) is 0 Å². The molecular weight excluding hydrogens is 389 g/mol. The summed E-state index contributed by atoms with van der Waals surface area (Å²) in [4.78, 5) is 12.2. The Morgan fingerprint density at radius 1 is 1.10 bits per heavy atom. The van der Waals surface area contributed by atoms with Crippen LogP contribution < -0.4 is 5.32 Å². The van der Waals surface area contributed by atoms with E-state index in [0.29, 0.717) is 10.2 Å². The van der Waals surface area contributed by atoms with Crippen molar-refractivity contribution in [1.82, 2.24) is 0 Å². The molecule has 2 rings (SSSR count). The Morgan fingerprint density at radius 3 is 2.40 bits per heavy atom. The fourth-order valence-electron chi connectivity index (χ4n) is 1.94. The van der Waals surface area contributed by atoms with Crippen molar-refractivity contribution in [2.24, 2.45) is 0 Å². The molecule has 0 aliphatic carbocycles. The predicted molar refractivity (Wildman–Crippen MR) is 85.7 cm³/mol. The first-order valence-corrected chi connectivity index (χ1v) is 7.49. The molecule has 0 aliphatic rings. The summed E-state index contributed by atoms with van der Waals surface area (Å²) in [5.41, 5.74) is 3.01. The topological polar surface area (TPSA) is 29.1 Å². The second-order valence-corrected chi connectivity index (χ2v) is 6.32. The van der Waals surface area contributed by atoms with Gasteiger partial charge in [-0.05, 0) is 65.2 Å². The lowest BCUT2D eigenvalue weighted by molar-refractivity contribution is 0.102. The molecule has 0 aliphatic heterocycles. The Bertz CT molecular complexity index is 642. The van der Waals surface area contributed by atoms with E-state index in [4.69, 9.17) is 0 Å². The summed E-state index contributed by atoms with van der Waals surface area (Å²) in [6.45, 7) is 3.89. The quantitative estimate of drug-likeness (QED) is 0.735. The van der Waals surface area contributed by atoms with Crippen molar-refractivity contribution in [3.8, 4) is 0 Å². The Hall–Kier alpha value is -1.20. The minimum atomic E-state index is -0.454. The molecule has 0 aromatic heterocycles. The SMILES string of the molecule is Cc1cc(C)c(NC(=O)c2cc(F)cc(Br)c2)c(Br)c1. The van der Waals surface area contributed by atoms with Crippen molar-refractivity contribution in [2.45, 2.75) is 13.8 Å². The van der Waals surface area contributed by atoms with Crippen LogP contribution in [0.15, 0.2) is 39.3 Å². The van der Waals surface area contributed by atoms with Crippen molar-refractivity contribution in [2.75, 3.05) is 5.32 Å². The summed E-state index contributed by atoms with van der Waals surface area (Å²) in [5.74, 6) is -0.804. The van der Waals surface area contributed by atoms with Crippen LogP contribution in [0, 0.1) is 19.7 Å². The van der Waals surface area contributed by atoms with Gasteiger partial charge >= 0.3 is 0 Å². The molecule has 0 unspecified atom stereocenters. The normalized spacial score (nSPS) is 10.4. The minimum absolute atomic E-state index is 0.267. The number of hydrogen-bond acceptors (Lipinski definition) is 1.